The number of nitrogens with two attached hydrogens (primary N) is 1. The van der Waals surface area contributed by atoms with Gasteiger partial charge in [0.25, 0.3) is 0 Å². The van der Waals surface area contributed by atoms with E-state index in [9.17, 15) is 4.39 Å². The van der Waals surface area contributed by atoms with E-state index in [1.165, 1.54) is 6.07 Å². The molecule has 1 unspecified atom stereocenters. The zero-order valence-corrected chi connectivity index (χ0v) is 11.2. The Bertz CT molecular complexity index is 357. The highest BCUT2D eigenvalue weighted by molar-refractivity contribution is 5.17. The van der Waals surface area contributed by atoms with Gasteiger partial charge >= 0.3 is 0 Å². The third-order valence-electron chi connectivity index (χ3n) is 3.02. The zero-order chi connectivity index (χ0) is 13.1. The molecule has 1 aromatic carbocycles. The fourth-order valence-electron chi connectivity index (χ4n) is 1.59. The molecule has 1 atom stereocenters. The fraction of sp³-hybridized carbons (Fsp3) is 0.571. The topological polar surface area (TPSA) is 29.3 Å². The highest BCUT2D eigenvalue weighted by Gasteiger charge is 2.21. The van der Waals surface area contributed by atoms with Crippen LogP contribution in [0.4, 0.5) is 4.39 Å². The van der Waals surface area contributed by atoms with Gasteiger partial charge in [0.2, 0.25) is 0 Å². The molecule has 0 heterocycles. The molecule has 2 N–H and O–H groups in total. The fourth-order valence-corrected chi connectivity index (χ4v) is 1.59. The Hall–Kier alpha value is -0.930. The molecule has 2 nitrogen and oxygen atoms in total. The van der Waals surface area contributed by atoms with Crippen LogP contribution in [0.25, 0.3) is 0 Å². The molecule has 17 heavy (non-hydrogen) atoms. The Morgan fingerprint density at radius 2 is 1.88 bits per heavy atom. The second-order valence-electron chi connectivity index (χ2n) is 5.76. The molecule has 1 aromatic rings. The largest absolute Gasteiger partial charge is 0.326 e. The van der Waals surface area contributed by atoms with Gasteiger partial charge in [-0.2, -0.15) is 0 Å². The first kappa shape index (κ1) is 14.1. The molecule has 0 aliphatic heterocycles. The predicted octanol–water partition coefficient (Wildman–Crippen LogP) is 2.63. The number of halogens is 1. The third-order valence-corrected chi connectivity index (χ3v) is 3.02. The second kappa shape index (κ2) is 5.61. The standard InChI is InChI=1S/C14H23FN2/c1-14(2,3)13(16)10-17(4)9-11-7-5-6-8-12(11)15/h5-8,13H,9-10,16H2,1-4H3. The van der Waals surface area contributed by atoms with Crippen LogP contribution in [0.5, 0.6) is 0 Å². The number of likely N-dealkylation sites (N-methyl/N-ethyl adjacent to an activating group) is 1. The maximum Gasteiger partial charge on any atom is 0.127 e. The van der Waals surface area contributed by atoms with Crippen LogP contribution in [0.1, 0.15) is 26.3 Å². The minimum absolute atomic E-state index is 0.0729. The Morgan fingerprint density at radius 3 is 2.41 bits per heavy atom. The van der Waals surface area contributed by atoms with Crippen LogP contribution >= 0.6 is 0 Å². The summed E-state index contributed by atoms with van der Waals surface area (Å²) in [6, 6.07) is 6.95. The summed E-state index contributed by atoms with van der Waals surface area (Å²) in [4.78, 5) is 2.06. The Labute approximate surface area is 104 Å². The molecule has 0 bridgehead atoms. The highest BCUT2D eigenvalue weighted by atomic mass is 19.1. The van der Waals surface area contributed by atoms with Crippen molar-refractivity contribution in [2.24, 2.45) is 11.1 Å². The van der Waals surface area contributed by atoms with Gasteiger partial charge in [0, 0.05) is 24.7 Å². The quantitative estimate of drug-likeness (QED) is 0.873. The van der Waals surface area contributed by atoms with E-state index in [4.69, 9.17) is 5.73 Å². The SMILES string of the molecule is CN(Cc1ccccc1F)CC(N)C(C)(C)C. The molecule has 0 radical (unpaired) electrons. The van der Waals surface area contributed by atoms with Gasteiger partial charge in [-0.25, -0.2) is 4.39 Å². The normalized spacial score (nSPS) is 14.1. The van der Waals surface area contributed by atoms with E-state index in [0.29, 0.717) is 6.54 Å². The van der Waals surface area contributed by atoms with Gasteiger partial charge in [0.05, 0.1) is 0 Å². The summed E-state index contributed by atoms with van der Waals surface area (Å²) < 4.78 is 13.5. The minimum Gasteiger partial charge on any atom is -0.326 e. The molecule has 0 aliphatic carbocycles. The Kier molecular flexibility index (Phi) is 4.66. The van der Waals surface area contributed by atoms with Crippen molar-refractivity contribution in [2.45, 2.75) is 33.4 Å². The minimum atomic E-state index is -0.149. The molecule has 3 heteroatoms. The number of hydrogen-bond donors (Lipinski definition) is 1. The van der Waals surface area contributed by atoms with Gasteiger partial charge in [-0.3, -0.25) is 0 Å². The molecule has 0 spiro atoms. The molecule has 1 rings (SSSR count). The van der Waals surface area contributed by atoms with Gasteiger partial charge in [0.15, 0.2) is 0 Å². The van der Waals surface area contributed by atoms with Crippen LogP contribution in [0.2, 0.25) is 0 Å². The Morgan fingerprint density at radius 1 is 1.29 bits per heavy atom. The maximum atomic E-state index is 13.5. The summed E-state index contributed by atoms with van der Waals surface area (Å²) in [6.07, 6.45) is 0. The average molecular weight is 238 g/mol. The van der Waals surface area contributed by atoms with E-state index in [-0.39, 0.29) is 17.3 Å². The van der Waals surface area contributed by atoms with Crippen LogP contribution in [0, 0.1) is 11.2 Å². The van der Waals surface area contributed by atoms with Gasteiger partial charge in [-0.15, -0.1) is 0 Å². The van der Waals surface area contributed by atoms with Crippen molar-refractivity contribution in [3.8, 4) is 0 Å². The van der Waals surface area contributed by atoms with Gasteiger partial charge < -0.3 is 10.6 Å². The lowest BCUT2D eigenvalue weighted by molar-refractivity contribution is 0.221. The van der Waals surface area contributed by atoms with E-state index >= 15 is 0 Å². The highest BCUT2D eigenvalue weighted by Crippen LogP contribution is 2.18. The van der Waals surface area contributed by atoms with E-state index < -0.39 is 0 Å². The van der Waals surface area contributed by atoms with Crippen LogP contribution in [-0.4, -0.2) is 24.5 Å². The zero-order valence-electron chi connectivity index (χ0n) is 11.2. The monoisotopic (exact) mass is 238 g/mol. The van der Waals surface area contributed by atoms with Crippen LogP contribution in [0.3, 0.4) is 0 Å². The lowest BCUT2D eigenvalue weighted by Gasteiger charge is -2.31. The molecular formula is C14H23FN2. The Balaban J connectivity index is 2.56. The molecule has 0 aliphatic rings. The smallest absolute Gasteiger partial charge is 0.127 e. The molecule has 0 aromatic heterocycles. The first-order chi connectivity index (χ1) is 7.80. The van der Waals surface area contributed by atoms with Crippen molar-refractivity contribution >= 4 is 0 Å². The van der Waals surface area contributed by atoms with Crippen molar-refractivity contribution in [1.82, 2.24) is 4.90 Å². The first-order valence-corrected chi connectivity index (χ1v) is 5.98. The van der Waals surface area contributed by atoms with Crippen molar-refractivity contribution in [3.05, 3.63) is 35.6 Å². The maximum absolute atomic E-state index is 13.5. The third kappa shape index (κ3) is 4.44. The van der Waals surface area contributed by atoms with Crippen molar-refractivity contribution in [2.75, 3.05) is 13.6 Å². The van der Waals surface area contributed by atoms with E-state index in [1.807, 2.05) is 19.2 Å². The number of hydrogen-bond acceptors (Lipinski definition) is 2. The summed E-state index contributed by atoms with van der Waals surface area (Å²) in [7, 11) is 1.97. The predicted molar refractivity (Wildman–Crippen MR) is 70.2 cm³/mol. The van der Waals surface area contributed by atoms with Gasteiger partial charge in [-0.05, 0) is 18.5 Å². The van der Waals surface area contributed by atoms with Crippen LogP contribution in [-0.2, 0) is 6.54 Å². The molecule has 0 saturated heterocycles. The molecule has 0 fully saturated rings. The summed E-state index contributed by atoms with van der Waals surface area (Å²) in [5.41, 5.74) is 6.90. The second-order valence-corrected chi connectivity index (χ2v) is 5.76. The van der Waals surface area contributed by atoms with Crippen LogP contribution in [0.15, 0.2) is 24.3 Å². The number of nitrogens with zero attached hydrogens (tertiary/aromatic N) is 1. The van der Waals surface area contributed by atoms with Crippen molar-refractivity contribution < 1.29 is 4.39 Å². The number of benzene rings is 1. The lowest BCUT2D eigenvalue weighted by Crippen LogP contribution is -2.44. The van der Waals surface area contributed by atoms with Crippen molar-refractivity contribution in [3.63, 3.8) is 0 Å². The summed E-state index contributed by atoms with van der Waals surface area (Å²) in [6.45, 7) is 7.71. The lowest BCUT2D eigenvalue weighted by atomic mass is 9.87. The van der Waals surface area contributed by atoms with E-state index in [0.717, 1.165) is 12.1 Å². The van der Waals surface area contributed by atoms with Crippen LogP contribution < -0.4 is 5.73 Å². The van der Waals surface area contributed by atoms with Crippen molar-refractivity contribution in [1.29, 1.82) is 0 Å². The van der Waals surface area contributed by atoms with Gasteiger partial charge in [-0.1, -0.05) is 39.0 Å². The molecule has 0 amide bonds. The van der Waals surface area contributed by atoms with E-state index in [1.54, 1.807) is 6.07 Å². The molecular weight excluding hydrogens is 215 g/mol. The van der Waals surface area contributed by atoms with Gasteiger partial charge in [0.1, 0.15) is 5.82 Å². The first-order valence-electron chi connectivity index (χ1n) is 5.98. The average Bonchev–Trinajstić information content (AvgIpc) is 2.20. The summed E-state index contributed by atoms with van der Waals surface area (Å²) in [5, 5.41) is 0. The molecule has 0 saturated carbocycles. The van der Waals surface area contributed by atoms with E-state index in [2.05, 4.69) is 25.7 Å². The summed E-state index contributed by atoms with van der Waals surface area (Å²) >= 11 is 0. The summed E-state index contributed by atoms with van der Waals surface area (Å²) in [5.74, 6) is -0.149. The number of rotatable bonds is 4. The molecule has 96 valence electrons.